The number of ether oxygens (including phenoxy) is 3. The number of rotatable bonds is 38. The van der Waals surface area contributed by atoms with E-state index in [4.69, 9.17) is 23.8 Å². The van der Waals surface area contributed by atoms with E-state index in [-0.39, 0.29) is 12.8 Å². The molecule has 0 bridgehead atoms. The van der Waals surface area contributed by atoms with Crippen molar-refractivity contribution < 1.29 is 52.5 Å². The summed E-state index contributed by atoms with van der Waals surface area (Å²) in [5, 5.41) is 18.3. The van der Waals surface area contributed by atoms with Crippen molar-refractivity contribution in [2.24, 2.45) is 0 Å². The summed E-state index contributed by atoms with van der Waals surface area (Å²) in [6, 6.07) is 0. The predicted octanol–water partition coefficient (Wildman–Crippen LogP) is 11.1. The first-order chi connectivity index (χ1) is 30.2. The minimum absolute atomic E-state index is 0.0308. The van der Waals surface area contributed by atoms with Gasteiger partial charge in [0, 0.05) is 12.8 Å². The Morgan fingerprint density at radius 3 is 1.37 bits per heavy atom. The first-order valence-corrected chi connectivity index (χ1v) is 23.8. The Labute approximate surface area is 372 Å². The van der Waals surface area contributed by atoms with Crippen molar-refractivity contribution in [1.82, 2.24) is 0 Å². The molecule has 62 heavy (non-hydrogen) atoms. The molecule has 0 aliphatic carbocycles. The van der Waals surface area contributed by atoms with Gasteiger partial charge in [0.2, 0.25) is 0 Å². The fraction of sp³-hybridized carbons (Fsp3) is 0.520. The molecule has 1 aliphatic rings. The summed E-state index contributed by atoms with van der Waals surface area (Å²) >= 11 is 0. The van der Waals surface area contributed by atoms with E-state index in [9.17, 15) is 24.2 Å². The number of hydrogen-bond donors (Lipinski definition) is 3. The average molecular weight is 883 g/mol. The third kappa shape index (κ3) is 36.7. The number of phosphoric ester groups is 1. The van der Waals surface area contributed by atoms with Gasteiger partial charge in [-0.15, -0.1) is 0 Å². The maximum Gasteiger partial charge on any atom is 0.472 e. The molecule has 0 aromatic rings. The van der Waals surface area contributed by atoms with Crippen molar-refractivity contribution in [3.63, 3.8) is 0 Å². The molecule has 3 N–H and O–H groups in total. The molecule has 1 saturated heterocycles. The second-order valence-electron chi connectivity index (χ2n) is 14.3. The number of aliphatic hydroxyl groups is 2. The van der Waals surface area contributed by atoms with Gasteiger partial charge >= 0.3 is 19.8 Å². The highest BCUT2D eigenvalue weighted by molar-refractivity contribution is 7.47. The second kappa shape index (κ2) is 39.9. The molecule has 5 atom stereocenters. The first kappa shape index (κ1) is 56.1. The van der Waals surface area contributed by atoms with Crippen molar-refractivity contribution in [2.75, 3.05) is 26.4 Å². The predicted molar refractivity (Wildman–Crippen MR) is 250 cm³/mol. The monoisotopic (exact) mass is 883 g/mol. The molecular formula is C50H75O11P. The van der Waals surface area contributed by atoms with Crippen molar-refractivity contribution in [1.29, 1.82) is 0 Å². The maximum absolute atomic E-state index is 12.6. The summed E-state index contributed by atoms with van der Waals surface area (Å²) < 4.78 is 38.2. The molecule has 346 valence electrons. The van der Waals surface area contributed by atoms with Crippen LogP contribution in [0.15, 0.2) is 134 Å². The molecule has 12 heteroatoms. The number of carbonyl (C=O) groups excluding carboxylic acids is 2. The van der Waals surface area contributed by atoms with E-state index in [1.54, 1.807) is 0 Å². The van der Waals surface area contributed by atoms with Crippen LogP contribution in [0.3, 0.4) is 0 Å². The van der Waals surface area contributed by atoms with Crippen LogP contribution in [0, 0.1) is 0 Å². The second-order valence-corrected chi connectivity index (χ2v) is 15.8. The number of epoxide rings is 1. The summed E-state index contributed by atoms with van der Waals surface area (Å²) in [4.78, 5) is 35.0. The molecule has 0 aromatic heterocycles. The minimum Gasteiger partial charge on any atom is -0.462 e. The van der Waals surface area contributed by atoms with Gasteiger partial charge in [-0.1, -0.05) is 148 Å². The topological polar surface area (TPSA) is 161 Å². The summed E-state index contributed by atoms with van der Waals surface area (Å²) in [6.45, 7) is 1.94. The largest absolute Gasteiger partial charge is 0.472 e. The lowest BCUT2D eigenvalue weighted by molar-refractivity contribution is -0.161. The van der Waals surface area contributed by atoms with Crippen molar-refractivity contribution in [3.05, 3.63) is 134 Å². The third-order valence-electron chi connectivity index (χ3n) is 8.73. The van der Waals surface area contributed by atoms with Crippen LogP contribution in [0.25, 0.3) is 0 Å². The van der Waals surface area contributed by atoms with Crippen LogP contribution in [0.1, 0.15) is 117 Å². The quantitative estimate of drug-likeness (QED) is 0.0234. The van der Waals surface area contributed by atoms with Gasteiger partial charge < -0.3 is 29.3 Å². The Morgan fingerprint density at radius 1 is 0.548 bits per heavy atom. The Bertz CT molecular complexity index is 1550. The summed E-state index contributed by atoms with van der Waals surface area (Å²) in [5.41, 5.74) is 0. The Kier molecular flexibility index (Phi) is 36.1. The number of esters is 2. The number of carbonyl (C=O) groups is 2. The zero-order valence-corrected chi connectivity index (χ0v) is 38.1. The molecular weight excluding hydrogens is 808 g/mol. The van der Waals surface area contributed by atoms with Gasteiger partial charge in [0.05, 0.1) is 32.0 Å². The Hall–Kier alpha value is -3.93. The maximum atomic E-state index is 12.6. The lowest BCUT2D eigenvalue weighted by Gasteiger charge is -2.20. The van der Waals surface area contributed by atoms with Crippen LogP contribution in [-0.4, -0.2) is 77.9 Å². The van der Waals surface area contributed by atoms with E-state index in [2.05, 4.69) is 122 Å². The van der Waals surface area contributed by atoms with E-state index in [1.807, 2.05) is 30.4 Å². The summed E-state index contributed by atoms with van der Waals surface area (Å²) in [6.07, 6.45) is 56.3. The Morgan fingerprint density at radius 2 is 0.919 bits per heavy atom. The lowest BCUT2D eigenvalue weighted by atomic mass is 10.1. The first-order valence-electron chi connectivity index (χ1n) is 22.3. The fourth-order valence-electron chi connectivity index (χ4n) is 5.26. The minimum atomic E-state index is -4.67. The molecule has 1 rings (SSSR count). The number of aliphatic hydroxyl groups excluding tert-OH is 2. The summed E-state index contributed by atoms with van der Waals surface area (Å²) in [5.74, 6) is -1.14. The van der Waals surface area contributed by atoms with Gasteiger partial charge in [0.1, 0.15) is 12.7 Å². The molecule has 3 unspecified atom stereocenters. The van der Waals surface area contributed by atoms with Crippen LogP contribution >= 0.6 is 7.82 Å². The van der Waals surface area contributed by atoms with Gasteiger partial charge in [0.15, 0.2) is 6.10 Å². The van der Waals surface area contributed by atoms with Crippen molar-refractivity contribution >= 4 is 19.8 Å². The van der Waals surface area contributed by atoms with Gasteiger partial charge in [-0.25, -0.2) is 4.57 Å². The molecule has 0 spiro atoms. The van der Waals surface area contributed by atoms with Crippen LogP contribution in [0.4, 0.5) is 0 Å². The SMILES string of the molecule is CC/C=C\C/C=C\C/C=C\C/C=C\C/C=C\C/C=C\CCC(=O)OC[C@H](COP(=O)(O)OC[C@@H](O)CO)OC(=O)CC/C=C\C/C=C\C/C=C\C/C=C\CC1OC1C/C=C\CC. The Balaban J connectivity index is 2.36. The van der Waals surface area contributed by atoms with Crippen LogP contribution in [0.2, 0.25) is 0 Å². The van der Waals surface area contributed by atoms with Gasteiger partial charge in [-0.2, -0.15) is 0 Å². The van der Waals surface area contributed by atoms with Crippen molar-refractivity contribution in [3.8, 4) is 0 Å². The standard InChI is InChI=1S/C50H75O11P/c1-3-5-7-8-9-10-11-12-13-14-15-16-17-18-22-25-28-31-35-39-49(53)57-43-46(44-59-62(55,56)58-42-45(52)41-51)60-50(54)40-36-32-29-26-23-20-19-21-24-27-30-34-38-48-47(61-48)37-33-6-4-2/h5-7,9-10,12-13,15-16,18,20-24,28-34,45-48,51-52H,3-4,8,11,14,17,19,25-27,35-44H2,1-2H3,(H,55,56)/b7-5-,10-9-,13-12-,16-15-,22-18-,23-20-,24-21-,31-28-,32-29-,33-6-,34-30-/t45-,46+,47?,48?/m0/s1. The number of phosphoric acid groups is 1. The third-order valence-corrected chi connectivity index (χ3v) is 9.68. The fourth-order valence-corrected chi connectivity index (χ4v) is 6.05. The zero-order valence-electron chi connectivity index (χ0n) is 37.2. The molecule has 0 radical (unpaired) electrons. The number of allylic oxidation sites excluding steroid dienone is 20. The molecule has 11 nitrogen and oxygen atoms in total. The molecule has 0 amide bonds. The van der Waals surface area contributed by atoms with Gasteiger partial charge in [-0.3, -0.25) is 18.6 Å². The van der Waals surface area contributed by atoms with Crippen molar-refractivity contribution in [2.45, 2.75) is 141 Å². The molecule has 0 saturated carbocycles. The smallest absolute Gasteiger partial charge is 0.462 e. The van der Waals surface area contributed by atoms with E-state index >= 15 is 0 Å². The molecule has 0 aromatic carbocycles. The van der Waals surface area contributed by atoms with E-state index in [0.29, 0.717) is 31.5 Å². The highest BCUT2D eigenvalue weighted by Gasteiger charge is 2.36. The highest BCUT2D eigenvalue weighted by Crippen LogP contribution is 2.43. The van der Waals surface area contributed by atoms with Gasteiger partial charge in [0.25, 0.3) is 0 Å². The molecule has 1 heterocycles. The highest BCUT2D eigenvalue weighted by atomic mass is 31.2. The van der Waals surface area contributed by atoms with Crippen LogP contribution in [-0.2, 0) is 37.4 Å². The normalized spacial score (nSPS) is 18.3. The van der Waals surface area contributed by atoms with E-state index in [1.165, 1.54) is 0 Å². The van der Waals surface area contributed by atoms with E-state index < -0.39 is 58.4 Å². The average Bonchev–Trinajstić information content (AvgIpc) is 4.02. The van der Waals surface area contributed by atoms with E-state index in [0.717, 1.165) is 70.6 Å². The van der Waals surface area contributed by atoms with Crippen LogP contribution in [0.5, 0.6) is 0 Å². The van der Waals surface area contributed by atoms with Crippen LogP contribution < -0.4 is 0 Å². The zero-order chi connectivity index (χ0) is 45.2. The molecule has 1 fully saturated rings. The molecule has 1 aliphatic heterocycles. The van der Waals surface area contributed by atoms with Gasteiger partial charge in [-0.05, 0) is 89.9 Å². The lowest BCUT2D eigenvalue weighted by Crippen LogP contribution is -2.29. The summed E-state index contributed by atoms with van der Waals surface area (Å²) in [7, 11) is -4.67. The number of hydrogen-bond acceptors (Lipinski definition) is 10.